The normalized spacial score (nSPS) is 15.3. The number of hydrogen-bond acceptors (Lipinski definition) is 2. The highest BCUT2D eigenvalue weighted by Gasteiger charge is 2.19. The summed E-state index contributed by atoms with van der Waals surface area (Å²) < 4.78 is 36.5. The first-order valence-electron chi connectivity index (χ1n) is 7.48. The van der Waals surface area contributed by atoms with Gasteiger partial charge >= 0.3 is 0 Å². The van der Waals surface area contributed by atoms with E-state index in [2.05, 4.69) is 0 Å². The van der Waals surface area contributed by atoms with Gasteiger partial charge in [0, 0.05) is 0 Å². The van der Waals surface area contributed by atoms with Gasteiger partial charge in [0.1, 0.15) is 5.82 Å². The number of aryl methyl sites for hydroxylation is 1. The van der Waals surface area contributed by atoms with Crippen LogP contribution < -0.4 is 5.14 Å². The highest BCUT2D eigenvalue weighted by molar-refractivity contribution is 7.89. The molecule has 2 N–H and O–H groups in total. The lowest BCUT2D eigenvalue weighted by Crippen LogP contribution is -2.11. The third kappa shape index (κ3) is 3.21. The lowest BCUT2D eigenvalue weighted by atomic mass is 9.96. The van der Waals surface area contributed by atoms with Crippen molar-refractivity contribution in [3.8, 4) is 0 Å². The Kier molecular flexibility index (Phi) is 4.08. The molecule has 5 heteroatoms. The van der Waals surface area contributed by atoms with Crippen molar-refractivity contribution in [1.29, 1.82) is 0 Å². The zero-order valence-corrected chi connectivity index (χ0v) is 13.7. The molecule has 0 saturated heterocycles. The Balaban J connectivity index is 2.04. The Bertz CT molecular complexity index is 884. The number of primary sulfonamides is 1. The average Bonchev–Trinajstić information content (AvgIpc) is 2.99. The number of nitrogens with two attached hydrogens (primary N) is 1. The monoisotopic (exact) mass is 331 g/mol. The topological polar surface area (TPSA) is 60.2 Å². The average molecular weight is 331 g/mol. The van der Waals surface area contributed by atoms with E-state index in [0.717, 1.165) is 41.5 Å². The molecule has 0 fully saturated rings. The largest absolute Gasteiger partial charge is 0.238 e. The molecule has 0 spiro atoms. The third-order valence-corrected chi connectivity index (χ3v) is 5.20. The van der Waals surface area contributed by atoms with Crippen LogP contribution in [0.1, 0.15) is 36.0 Å². The van der Waals surface area contributed by atoms with E-state index < -0.39 is 10.0 Å². The van der Waals surface area contributed by atoms with Gasteiger partial charge in [0.15, 0.2) is 0 Å². The van der Waals surface area contributed by atoms with E-state index in [-0.39, 0.29) is 10.7 Å². The lowest BCUT2D eigenvalue weighted by Gasteiger charge is -2.10. The number of sulfonamides is 1. The molecule has 2 aromatic rings. The maximum Gasteiger partial charge on any atom is 0.238 e. The summed E-state index contributed by atoms with van der Waals surface area (Å²) in [6, 6.07) is 11.9. The second kappa shape index (κ2) is 5.91. The summed E-state index contributed by atoms with van der Waals surface area (Å²) in [4.78, 5) is 0.0998. The predicted octanol–water partition coefficient (Wildman–Crippen LogP) is 3.88. The second-order valence-corrected chi connectivity index (χ2v) is 7.41. The van der Waals surface area contributed by atoms with Crippen LogP contribution in [-0.4, -0.2) is 8.42 Å². The summed E-state index contributed by atoms with van der Waals surface area (Å²) in [5, 5.41) is 5.13. The third-order valence-electron chi connectivity index (χ3n) is 4.27. The summed E-state index contributed by atoms with van der Waals surface area (Å²) in [5.41, 5.74) is 4.77. The van der Waals surface area contributed by atoms with Gasteiger partial charge in [-0.2, -0.15) is 0 Å². The number of halogens is 1. The van der Waals surface area contributed by atoms with Crippen LogP contribution >= 0.6 is 0 Å². The molecule has 3 rings (SSSR count). The molecule has 0 radical (unpaired) electrons. The Morgan fingerprint density at radius 3 is 2.09 bits per heavy atom. The number of rotatable bonds is 3. The molecule has 23 heavy (non-hydrogen) atoms. The maximum absolute atomic E-state index is 13.8. The summed E-state index contributed by atoms with van der Waals surface area (Å²) >= 11 is 0. The number of hydrogen-bond donors (Lipinski definition) is 1. The van der Waals surface area contributed by atoms with Crippen LogP contribution in [0.5, 0.6) is 0 Å². The molecule has 0 bridgehead atoms. The van der Waals surface area contributed by atoms with Crippen LogP contribution in [0.25, 0.3) is 11.1 Å². The number of benzene rings is 2. The molecule has 0 saturated carbocycles. The van der Waals surface area contributed by atoms with Crippen LogP contribution in [0.4, 0.5) is 4.39 Å². The van der Waals surface area contributed by atoms with Gasteiger partial charge in [0.2, 0.25) is 10.0 Å². The van der Waals surface area contributed by atoms with Crippen LogP contribution in [0, 0.1) is 12.7 Å². The van der Waals surface area contributed by atoms with Gasteiger partial charge in [-0.05, 0) is 72.2 Å². The van der Waals surface area contributed by atoms with Gasteiger partial charge < -0.3 is 0 Å². The molecule has 0 atom stereocenters. The molecule has 0 amide bonds. The van der Waals surface area contributed by atoms with Crippen molar-refractivity contribution >= 4 is 21.2 Å². The van der Waals surface area contributed by atoms with Crippen LogP contribution in [0.2, 0.25) is 0 Å². The Morgan fingerprint density at radius 1 is 0.957 bits per heavy atom. The second-order valence-electron chi connectivity index (χ2n) is 5.84. The Morgan fingerprint density at radius 2 is 1.52 bits per heavy atom. The molecule has 0 heterocycles. The van der Waals surface area contributed by atoms with Crippen molar-refractivity contribution in [2.75, 3.05) is 0 Å². The Hall–Kier alpha value is -1.98. The fourth-order valence-electron chi connectivity index (χ4n) is 3.01. The van der Waals surface area contributed by atoms with E-state index in [1.165, 1.54) is 12.1 Å². The first kappa shape index (κ1) is 15.9. The molecule has 1 aliphatic rings. The SMILES string of the molecule is Cc1ccc(C2=C(c3ccc(S(N)(=O)=O)cc3)CCC2)cc1F. The first-order chi connectivity index (χ1) is 10.9. The van der Waals surface area contributed by atoms with E-state index >= 15 is 0 Å². The van der Waals surface area contributed by atoms with E-state index in [1.807, 2.05) is 6.07 Å². The summed E-state index contributed by atoms with van der Waals surface area (Å²) in [5.74, 6) is -0.203. The molecular weight excluding hydrogens is 313 g/mol. The van der Waals surface area contributed by atoms with Crippen LogP contribution in [0.3, 0.4) is 0 Å². The van der Waals surface area contributed by atoms with Gasteiger partial charge in [-0.25, -0.2) is 17.9 Å². The minimum atomic E-state index is -3.68. The summed E-state index contributed by atoms with van der Waals surface area (Å²) in [6.45, 7) is 1.75. The smallest absolute Gasteiger partial charge is 0.225 e. The molecule has 0 aliphatic heterocycles. The van der Waals surface area contributed by atoms with E-state index in [4.69, 9.17) is 5.14 Å². The van der Waals surface area contributed by atoms with Crippen molar-refractivity contribution in [2.45, 2.75) is 31.1 Å². The maximum atomic E-state index is 13.8. The van der Waals surface area contributed by atoms with Gasteiger partial charge in [0.25, 0.3) is 0 Å². The van der Waals surface area contributed by atoms with E-state index in [1.54, 1.807) is 31.2 Å². The van der Waals surface area contributed by atoms with E-state index in [9.17, 15) is 12.8 Å². The minimum Gasteiger partial charge on any atom is -0.225 e. The van der Waals surface area contributed by atoms with Crippen molar-refractivity contribution in [3.05, 3.63) is 65.0 Å². The van der Waals surface area contributed by atoms with Gasteiger partial charge in [-0.1, -0.05) is 24.3 Å². The highest BCUT2D eigenvalue weighted by Crippen LogP contribution is 2.40. The summed E-state index contributed by atoms with van der Waals surface area (Å²) in [6.07, 6.45) is 2.81. The van der Waals surface area contributed by atoms with Crippen LogP contribution in [-0.2, 0) is 10.0 Å². The van der Waals surface area contributed by atoms with E-state index in [0.29, 0.717) is 5.56 Å². The fraction of sp³-hybridized carbons (Fsp3) is 0.222. The van der Waals surface area contributed by atoms with Gasteiger partial charge in [0.05, 0.1) is 4.90 Å². The Labute approximate surface area is 135 Å². The first-order valence-corrected chi connectivity index (χ1v) is 9.02. The molecular formula is C18H18FNO2S. The molecule has 2 aromatic carbocycles. The van der Waals surface area contributed by atoms with Crippen LogP contribution in [0.15, 0.2) is 47.4 Å². The molecule has 0 unspecified atom stereocenters. The summed E-state index contributed by atoms with van der Waals surface area (Å²) in [7, 11) is -3.68. The van der Waals surface area contributed by atoms with Crippen molar-refractivity contribution in [2.24, 2.45) is 5.14 Å². The molecule has 3 nitrogen and oxygen atoms in total. The van der Waals surface area contributed by atoms with Crippen molar-refractivity contribution in [3.63, 3.8) is 0 Å². The molecule has 120 valence electrons. The quantitative estimate of drug-likeness (QED) is 0.928. The molecule has 1 aliphatic carbocycles. The minimum absolute atomic E-state index is 0.0998. The fourth-order valence-corrected chi connectivity index (χ4v) is 3.52. The van der Waals surface area contributed by atoms with Gasteiger partial charge in [-0.3, -0.25) is 0 Å². The lowest BCUT2D eigenvalue weighted by molar-refractivity contribution is 0.598. The number of allylic oxidation sites excluding steroid dienone is 2. The zero-order chi connectivity index (χ0) is 16.6. The van der Waals surface area contributed by atoms with Gasteiger partial charge in [-0.15, -0.1) is 0 Å². The van der Waals surface area contributed by atoms with Crippen molar-refractivity contribution in [1.82, 2.24) is 0 Å². The standard InChI is InChI=1S/C18H18FNO2S/c1-12-5-6-14(11-18(12)19)17-4-2-3-16(17)13-7-9-15(10-8-13)23(20,21)22/h5-11H,2-4H2,1H3,(H2,20,21,22). The van der Waals surface area contributed by atoms with Crippen molar-refractivity contribution < 1.29 is 12.8 Å². The zero-order valence-electron chi connectivity index (χ0n) is 12.8. The highest BCUT2D eigenvalue weighted by atomic mass is 32.2. The molecule has 0 aromatic heterocycles. The predicted molar refractivity (Wildman–Crippen MR) is 89.6 cm³/mol.